The van der Waals surface area contributed by atoms with Crippen LogP contribution in [0.5, 0.6) is 5.75 Å². The van der Waals surface area contributed by atoms with Gasteiger partial charge < -0.3 is 10.1 Å². The van der Waals surface area contributed by atoms with E-state index in [0.717, 1.165) is 30.6 Å². The lowest BCUT2D eigenvalue weighted by Gasteiger charge is -2.11. The molecule has 2 aromatic rings. The third kappa shape index (κ3) is 7.81. The Morgan fingerprint density at radius 3 is 2.81 bits per heavy atom. The first-order valence-electron chi connectivity index (χ1n) is 9.09. The normalized spacial score (nSPS) is 10.6. The second-order valence-electron chi connectivity index (χ2n) is 6.14. The van der Waals surface area contributed by atoms with E-state index in [2.05, 4.69) is 18.3 Å². The minimum atomic E-state index is -0.334. The van der Waals surface area contributed by atoms with E-state index < -0.39 is 0 Å². The first kappa shape index (κ1) is 21.6. The molecule has 27 heavy (non-hydrogen) atoms. The van der Waals surface area contributed by atoms with E-state index in [9.17, 15) is 9.18 Å². The van der Waals surface area contributed by atoms with Crippen molar-refractivity contribution in [3.8, 4) is 5.75 Å². The molecule has 2 rings (SSSR count). The zero-order valence-corrected chi connectivity index (χ0v) is 17.0. The van der Waals surface area contributed by atoms with Gasteiger partial charge in [-0.05, 0) is 48.6 Å². The van der Waals surface area contributed by atoms with Crippen LogP contribution in [0.4, 0.5) is 4.39 Å². The average Bonchev–Trinajstić information content (AvgIpc) is 2.66. The molecular formula is C21H25ClFNO2S. The summed E-state index contributed by atoms with van der Waals surface area (Å²) in [5.41, 5.74) is 1.72. The third-order valence-corrected chi connectivity index (χ3v) is 5.10. The smallest absolute Gasteiger partial charge is 0.230 e. The van der Waals surface area contributed by atoms with Crippen molar-refractivity contribution in [2.24, 2.45) is 0 Å². The summed E-state index contributed by atoms with van der Waals surface area (Å²) in [6.07, 6.45) is 2.67. The van der Waals surface area contributed by atoms with Crippen LogP contribution in [0, 0.1) is 5.82 Å². The van der Waals surface area contributed by atoms with E-state index in [0.29, 0.717) is 35.2 Å². The second-order valence-corrected chi connectivity index (χ2v) is 7.56. The maximum Gasteiger partial charge on any atom is 0.230 e. The highest BCUT2D eigenvalue weighted by molar-refractivity contribution is 7.99. The Bertz CT molecular complexity index is 742. The maximum atomic E-state index is 13.7. The van der Waals surface area contributed by atoms with E-state index >= 15 is 0 Å². The van der Waals surface area contributed by atoms with Crippen molar-refractivity contribution in [1.82, 2.24) is 5.32 Å². The number of halogens is 2. The predicted octanol–water partition coefficient (Wildman–Crippen LogP) is 5.25. The molecule has 0 radical (unpaired) electrons. The molecule has 2 aromatic carbocycles. The highest BCUT2D eigenvalue weighted by atomic mass is 35.5. The van der Waals surface area contributed by atoms with Gasteiger partial charge in [0.15, 0.2) is 0 Å². The SMILES string of the molecule is CCCOc1ccccc1CCCNC(=O)CSCc1ccc(Cl)cc1F. The van der Waals surface area contributed by atoms with Crippen LogP contribution < -0.4 is 10.1 Å². The summed E-state index contributed by atoms with van der Waals surface area (Å²) in [6.45, 7) is 3.40. The number of nitrogens with one attached hydrogen (secondary N) is 1. The summed E-state index contributed by atoms with van der Waals surface area (Å²) in [4.78, 5) is 11.9. The molecule has 0 fully saturated rings. The monoisotopic (exact) mass is 409 g/mol. The largest absolute Gasteiger partial charge is 0.493 e. The number of hydrogen-bond donors (Lipinski definition) is 1. The molecule has 0 bridgehead atoms. The molecule has 146 valence electrons. The fraction of sp³-hybridized carbons (Fsp3) is 0.381. The molecule has 1 amide bonds. The van der Waals surface area contributed by atoms with Crippen molar-refractivity contribution >= 4 is 29.3 Å². The van der Waals surface area contributed by atoms with E-state index in [1.807, 2.05) is 18.2 Å². The second kappa shape index (κ2) is 11.9. The van der Waals surface area contributed by atoms with Crippen LogP contribution in [0.3, 0.4) is 0 Å². The summed E-state index contributed by atoms with van der Waals surface area (Å²) >= 11 is 7.12. The summed E-state index contributed by atoms with van der Waals surface area (Å²) < 4.78 is 19.4. The van der Waals surface area contributed by atoms with Crippen molar-refractivity contribution < 1.29 is 13.9 Å². The quantitative estimate of drug-likeness (QED) is 0.515. The molecule has 0 atom stereocenters. The van der Waals surface area contributed by atoms with Crippen molar-refractivity contribution in [3.63, 3.8) is 0 Å². The average molecular weight is 410 g/mol. The first-order chi connectivity index (χ1) is 13.1. The fourth-order valence-corrected chi connectivity index (χ4v) is 3.52. The molecule has 3 nitrogen and oxygen atoms in total. The molecule has 0 unspecified atom stereocenters. The molecular weight excluding hydrogens is 385 g/mol. The van der Waals surface area contributed by atoms with E-state index in [1.54, 1.807) is 12.1 Å². The zero-order chi connectivity index (χ0) is 19.5. The lowest BCUT2D eigenvalue weighted by atomic mass is 10.1. The topological polar surface area (TPSA) is 38.3 Å². The Kier molecular flexibility index (Phi) is 9.50. The number of thioether (sulfide) groups is 1. The van der Waals surface area contributed by atoms with E-state index in [-0.39, 0.29) is 11.7 Å². The van der Waals surface area contributed by atoms with Crippen molar-refractivity contribution in [2.75, 3.05) is 18.9 Å². The highest BCUT2D eigenvalue weighted by Crippen LogP contribution is 2.20. The Morgan fingerprint density at radius 1 is 1.22 bits per heavy atom. The van der Waals surface area contributed by atoms with Crippen molar-refractivity contribution in [2.45, 2.75) is 31.9 Å². The summed E-state index contributed by atoms with van der Waals surface area (Å²) in [6, 6.07) is 12.6. The van der Waals surface area contributed by atoms with Crippen LogP contribution in [0.1, 0.15) is 30.9 Å². The van der Waals surface area contributed by atoms with Crippen LogP contribution in [-0.2, 0) is 17.0 Å². The van der Waals surface area contributed by atoms with Crippen molar-refractivity contribution in [3.05, 3.63) is 64.4 Å². The number of benzene rings is 2. The summed E-state index contributed by atoms with van der Waals surface area (Å²) in [7, 11) is 0. The summed E-state index contributed by atoms with van der Waals surface area (Å²) in [5.74, 6) is 1.30. The van der Waals surface area contributed by atoms with Gasteiger partial charge in [0.2, 0.25) is 5.91 Å². The highest BCUT2D eigenvalue weighted by Gasteiger charge is 2.07. The first-order valence-corrected chi connectivity index (χ1v) is 10.6. The molecule has 0 heterocycles. The van der Waals surface area contributed by atoms with Gasteiger partial charge in [-0.2, -0.15) is 0 Å². The third-order valence-electron chi connectivity index (χ3n) is 3.89. The molecule has 0 spiro atoms. The fourth-order valence-electron chi connectivity index (χ4n) is 2.51. The Morgan fingerprint density at radius 2 is 2.04 bits per heavy atom. The van der Waals surface area contributed by atoms with Crippen LogP contribution in [0.25, 0.3) is 0 Å². The number of carbonyl (C=O) groups excluding carboxylic acids is 1. The zero-order valence-electron chi connectivity index (χ0n) is 15.5. The Hall–Kier alpha value is -1.72. The predicted molar refractivity (Wildman–Crippen MR) is 111 cm³/mol. The van der Waals surface area contributed by atoms with Gasteiger partial charge in [-0.15, -0.1) is 11.8 Å². The number of hydrogen-bond acceptors (Lipinski definition) is 3. The van der Waals surface area contributed by atoms with Gasteiger partial charge in [0.1, 0.15) is 11.6 Å². The Labute approximate surface area is 169 Å². The van der Waals surface area contributed by atoms with Gasteiger partial charge in [-0.25, -0.2) is 4.39 Å². The number of rotatable bonds is 11. The van der Waals surface area contributed by atoms with Crippen LogP contribution in [-0.4, -0.2) is 24.8 Å². The number of ether oxygens (including phenoxy) is 1. The molecule has 0 aliphatic rings. The molecule has 0 saturated heterocycles. The van der Waals surface area contributed by atoms with Gasteiger partial charge in [0, 0.05) is 17.3 Å². The molecule has 6 heteroatoms. The van der Waals surface area contributed by atoms with Gasteiger partial charge in [-0.3, -0.25) is 4.79 Å². The van der Waals surface area contributed by atoms with Crippen LogP contribution in [0.2, 0.25) is 5.02 Å². The molecule has 0 aromatic heterocycles. The minimum absolute atomic E-state index is 0.0371. The lowest BCUT2D eigenvalue weighted by Crippen LogP contribution is -2.26. The number of para-hydroxylation sites is 1. The number of carbonyl (C=O) groups is 1. The van der Waals surface area contributed by atoms with Gasteiger partial charge in [-0.1, -0.05) is 42.8 Å². The maximum absolute atomic E-state index is 13.7. The minimum Gasteiger partial charge on any atom is -0.493 e. The number of amides is 1. The molecule has 0 aliphatic heterocycles. The van der Waals surface area contributed by atoms with E-state index in [1.165, 1.54) is 17.8 Å². The van der Waals surface area contributed by atoms with Crippen LogP contribution in [0.15, 0.2) is 42.5 Å². The summed E-state index contributed by atoms with van der Waals surface area (Å²) in [5, 5.41) is 3.29. The van der Waals surface area contributed by atoms with Gasteiger partial charge in [0.25, 0.3) is 0 Å². The lowest BCUT2D eigenvalue weighted by molar-refractivity contribution is -0.118. The Balaban J connectivity index is 1.65. The molecule has 1 N–H and O–H groups in total. The van der Waals surface area contributed by atoms with Crippen molar-refractivity contribution in [1.29, 1.82) is 0 Å². The van der Waals surface area contributed by atoms with Crippen LogP contribution >= 0.6 is 23.4 Å². The molecule has 0 aliphatic carbocycles. The van der Waals surface area contributed by atoms with Gasteiger partial charge in [0.05, 0.1) is 12.4 Å². The van der Waals surface area contributed by atoms with E-state index in [4.69, 9.17) is 16.3 Å². The molecule has 0 saturated carbocycles. The standard InChI is InChI=1S/C21H25ClFNO2S/c1-2-12-26-20-8-4-3-6-16(20)7-5-11-24-21(25)15-27-14-17-9-10-18(22)13-19(17)23/h3-4,6,8-10,13H,2,5,7,11-12,14-15H2,1H3,(H,24,25). The van der Waals surface area contributed by atoms with Gasteiger partial charge >= 0.3 is 0 Å². The number of aryl methyl sites for hydroxylation is 1.